The fraction of sp³-hybridized carbons (Fsp3) is 0.280. The van der Waals surface area contributed by atoms with E-state index >= 15 is 0 Å². The average molecular weight is 378 g/mol. The number of benzene rings is 3. The molecule has 0 spiro atoms. The lowest BCUT2D eigenvalue weighted by Crippen LogP contribution is -2.22. The van der Waals surface area contributed by atoms with Crippen molar-refractivity contribution < 1.29 is 9.13 Å². The molecule has 0 amide bonds. The number of hydrogen-bond donors (Lipinski definition) is 1. The van der Waals surface area contributed by atoms with Gasteiger partial charge in [-0.3, -0.25) is 0 Å². The third-order valence-corrected chi connectivity index (χ3v) is 5.04. The molecule has 1 atom stereocenters. The fourth-order valence-electron chi connectivity index (χ4n) is 3.58. The summed E-state index contributed by atoms with van der Waals surface area (Å²) in [5.74, 6) is 0.139. The molecule has 0 aliphatic carbocycles. The zero-order valence-electron chi connectivity index (χ0n) is 16.4. The van der Waals surface area contributed by atoms with Crippen LogP contribution in [0, 0.1) is 5.82 Å². The van der Waals surface area contributed by atoms with Crippen molar-refractivity contribution in [3.63, 3.8) is 0 Å². The Hall–Kier alpha value is -2.49. The number of halogens is 1. The number of hydrogen-bond acceptors (Lipinski definition) is 2. The summed E-state index contributed by atoms with van der Waals surface area (Å²) in [5, 5.41) is 3.43. The highest BCUT2D eigenvalue weighted by Gasteiger charge is 2.16. The SMILES string of the molecule is COCCNCCC(Cc1cc(F)ccc1-c1ccccc1)c1ccccc1. The van der Waals surface area contributed by atoms with Crippen LogP contribution in [0.15, 0.2) is 78.9 Å². The van der Waals surface area contributed by atoms with Gasteiger partial charge in [0.2, 0.25) is 0 Å². The molecule has 3 rings (SSSR count). The maximum absolute atomic E-state index is 14.1. The van der Waals surface area contributed by atoms with Gasteiger partial charge in [0.05, 0.1) is 6.61 Å². The highest BCUT2D eigenvalue weighted by Crippen LogP contribution is 2.31. The van der Waals surface area contributed by atoms with Crippen LogP contribution in [-0.4, -0.2) is 26.8 Å². The molecule has 0 aromatic heterocycles. The van der Waals surface area contributed by atoms with Gasteiger partial charge in [0.25, 0.3) is 0 Å². The molecule has 3 aromatic rings. The van der Waals surface area contributed by atoms with E-state index in [4.69, 9.17) is 4.74 Å². The highest BCUT2D eigenvalue weighted by atomic mass is 19.1. The first-order valence-corrected chi connectivity index (χ1v) is 9.86. The minimum Gasteiger partial charge on any atom is -0.383 e. The van der Waals surface area contributed by atoms with E-state index < -0.39 is 0 Å². The van der Waals surface area contributed by atoms with E-state index in [-0.39, 0.29) is 5.82 Å². The summed E-state index contributed by atoms with van der Waals surface area (Å²) >= 11 is 0. The van der Waals surface area contributed by atoms with E-state index in [1.807, 2.05) is 30.3 Å². The minimum absolute atomic E-state index is 0.181. The largest absolute Gasteiger partial charge is 0.383 e. The molecule has 1 unspecified atom stereocenters. The van der Waals surface area contributed by atoms with Crippen molar-refractivity contribution in [2.45, 2.75) is 18.8 Å². The second kappa shape index (κ2) is 10.7. The molecule has 0 saturated carbocycles. The number of methoxy groups -OCH3 is 1. The molecule has 0 aliphatic heterocycles. The van der Waals surface area contributed by atoms with Crippen molar-refractivity contribution >= 4 is 0 Å². The number of nitrogens with one attached hydrogen (secondary N) is 1. The van der Waals surface area contributed by atoms with Gasteiger partial charge < -0.3 is 10.1 Å². The molecule has 0 fully saturated rings. The molecule has 1 N–H and O–H groups in total. The molecule has 0 aliphatic rings. The lowest BCUT2D eigenvalue weighted by molar-refractivity contribution is 0.199. The molecule has 2 nitrogen and oxygen atoms in total. The monoisotopic (exact) mass is 377 g/mol. The van der Waals surface area contributed by atoms with Crippen LogP contribution in [-0.2, 0) is 11.2 Å². The third kappa shape index (κ3) is 5.75. The molecular weight excluding hydrogens is 349 g/mol. The molecule has 3 aromatic carbocycles. The van der Waals surface area contributed by atoms with Crippen LogP contribution < -0.4 is 5.32 Å². The van der Waals surface area contributed by atoms with Gasteiger partial charge in [0.15, 0.2) is 0 Å². The molecule has 0 radical (unpaired) electrons. The smallest absolute Gasteiger partial charge is 0.123 e. The Morgan fingerprint density at radius 2 is 1.61 bits per heavy atom. The molecule has 0 bridgehead atoms. The van der Waals surface area contributed by atoms with Crippen molar-refractivity contribution in [3.8, 4) is 11.1 Å². The fourth-order valence-corrected chi connectivity index (χ4v) is 3.58. The topological polar surface area (TPSA) is 21.3 Å². The van der Waals surface area contributed by atoms with Crippen molar-refractivity contribution in [1.29, 1.82) is 0 Å². The Balaban J connectivity index is 1.83. The normalized spacial score (nSPS) is 12.1. The van der Waals surface area contributed by atoms with Crippen LogP contribution in [0.4, 0.5) is 4.39 Å². The van der Waals surface area contributed by atoms with E-state index in [2.05, 4.69) is 41.7 Å². The third-order valence-electron chi connectivity index (χ3n) is 5.04. The Morgan fingerprint density at radius 1 is 0.893 bits per heavy atom. The minimum atomic E-state index is -0.181. The van der Waals surface area contributed by atoms with Gasteiger partial charge in [-0.2, -0.15) is 0 Å². The van der Waals surface area contributed by atoms with Gasteiger partial charge in [-0.15, -0.1) is 0 Å². The standard InChI is InChI=1S/C25H28FNO/c1-28-17-16-27-15-14-22(20-8-4-2-5-9-20)18-23-19-24(26)12-13-25(23)21-10-6-3-7-11-21/h2-13,19,22,27H,14-18H2,1H3. The second-order valence-corrected chi connectivity index (χ2v) is 7.01. The van der Waals surface area contributed by atoms with Crippen molar-refractivity contribution in [2.75, 3.05) is 26.8 Å². The molecule has 3 heteroatoms. The zero-order chi connectivity index (χ0) is 19.6. The Bertz CT molecular complexity index is 836. The van der Waals surface area contributed by atoms with E-state index in [0.29, 0.717) is 12.5 Å². The molecule has 0 heterocycles. The molecule has 0 saturated heterocycles. The van der Waals surface area contributed by atoms with Gasteiger partial charge in [0.1, 0.15) is 5.82 Å². The summed E-state index contributed by atoms with van der Waals surface area (Å²) in [6, 6.07) is 25.9. The van der Waals surface area contributed by atoms with Crippen molar-refractivity contribution in [2.24, 2.45) is 0 Å². The van der Waals surface area contributed by atoms with Crippen molar-refractivity contribution in [1.82, 2.24) is 5.32 Å². The van der Waals surface area contributed by atoms with E-state index in [1.165, 1.54) is 5.56 Å². The summed E-state index contributed by atoms with van der Waals surface area (Å²) in [6.45, 7) is 2.45. The molecular formula is C25H28FNO. The Morgan fingerprint density at radius 3 is 2.32 bits per heavy atom. The second-order valence-electron chi connectivity index (χ2n) is 7.01. The zero-order valence-corrected chi connectivity index (χ0v) is 16.4. The average Bonchev–Trinajstić information content (AvgIpc) is 2.74. The molecule has 146 valence electrons. The van der Waals surface area contributed by atoms with Gasteiger partial charge in [-0.1, -0.05) is 66.7 Å². The van der Waals surface area contributed by atoms with Crippen molar-refractivity contribution in [3.05, 3.63) is 95.8 Å². The van der Waals surface area contributed by atoms with Crippen LogP contribution in [0.3, 0.4) is 0 Å². The summed E-state index contributed by atoms with van der Waals surface area (Å²) in [5.41, 5.74) is 4.58. The van der Waals surface area contributed by atoms with E-state index in [0.717, 1.165) is 42.6 Å². The summed E-state index contributed by atoms with van der Waals surface area (Å²) in [4.78, 5) is 0. The van der Waals surface area contributed by atoms with E-state index in [1.54, 1.807) is 19.2 Å². The van der Waals surface area contributed by atoms with Gasteiger partial charge in [-0.25, -0.2) is 4.39 Å². The first kappa shape index (κ1) is 20.2. The summed E-state index contributed by atoms with van der Waals surface area (Å²) in [7, 11) is 1.71. The van der Waals surface area contributed by atoms with E-state index in [9.17, 15) is 4.39 Å². The highest BCUT2D eigenvalue weighted by molar-refractivity contribution is 5.67. The van der Waals surface area contributed by atoms with Gasteiger partial charge in [-0.05, 0) is 59.7 Å². The van der Waals surface area contributed by atoms with Crippen LogP contribution in [0.25, 0.3) is 11.1 Å². The lowest BCUT2D eigenvalue weighted by atomic mass is 9.86. The Kier molecular flexibility index (Phi) is 7.77. The number of rotatable bonds is 10. The van der Waals surface area contributed by atoms with Crippen LogP contribution in [0.1, 0.15) is 23.5 Å². The summed E-state index contributed by atoms with van der Waals surface area (Å²) < 4.78 is 19.2. The predicted molar refractivity (Wildman–Crippen MR) is 114 cm³/mol. The van der Waals surface area contributed by atoms with Crippen LogP contribution in [0.5, 0.6) is 0 Å². The molecule has 28 heavy (non-hydrogen) atoms. The lowest BCUT2D eigenvalue weighted by Gasteiger charge is -2.20. The summed E-state index contributed by atoms with van der Waals surface area (Å²) in [6.07, 6.45) is 1.79. The first-order valence-electron chi connectivity index (χ1n) is 9.86. The quantitative estimate of drug-likeness (QED) is 0.475. The van der Waals surface area contributed by atoms with Crippen LogP contribution in [0.2, 0.25) is 0 Å². The van der Waals surface area contributed by atoms with Crippen LogP contribution >= 0.6 is 0 Å². The first-order chi connectivity index (χ1) is 13.8. The maximum atomic E-state index is 14.1. The Labute approximate surface area is 167 Å². The maximum Gasteiger partial charge on any atom is 0.123 e. The van der Waals surface area contributed by atoms with Gasteiger partial charge >= 0.3 is 0 Å². The van der Waals surface area contributed by atoms with Gasteiger partial charge in [0, 0.05) is 13.7 Å². The predicted octanol–water partition coefficient (Wildman–Crippen LogP) is 5.45. The number of ether oxygens (including phenoxy) is 1.